The van der Waals surface area contributed by atoms with E-state index in [1.807, 2.05) is 0 Å². The van der Waals surface area contributed by atoms with Gasteiger partial charge < -0.3 is 5.11 Å². The quantitative estimate of drug-likeness (QED) is 0.619. The van der Waals surface area contributed by atoms with Crippen LogP contribution in [-0.2, 0) is 4.79 Å². The largest absolute Gasteiger partial charge is 0.481 e. The molecule has 11 heavy (non-hydrogen) atoms. The van der Waals surface area contributed by atoms with Crippen molar-refractivity contribution in [2.75, 3.05) is 0 Å². The SMILES string of the molecule is CC(C(=O)O)C1=CCCCC1. The Hall–Kier alpha value is -0.790. The zero-order valence-corrected chi connectivity index (χ0v) is 6.84. The second-order valence-electron chi connectivity index (χ2n) is 3.08. The molecule has 0 aromatic carbocycles. The minimum atomic E-state index is -0.696. The maximum Gasteiger partial charge on any atom is 0.310 e. The maximum absolute atomic E-state index is 10.6. The molecule has 1 aliphatic rings. The monoisotopic (exact) mass is 154 g/mol. The van der Waals surface area contributed by atoms with Crippen LogP contribution in [0.2, 0.25) is 0 Å². The average Bonchev–Trinajstić information content (AvgIpc) is 2.05. The molecule has 0 fully saturated rings. The van der Waals surface area contributed by atoms with Crippen LogP contribution in [0.1, 0.15) is 32.6 Å². The van der Waals surface area contributed by atoms with Crippen LogP contribution in [0.4, 0.5) is 0 Å². The van der Waals surface area contributed by atoms with Gasteiger partial charge in [-0.05, 0) is 32.6 Å². The van der Waals surface area contributed by atoms with E-state index in [9.17, 15) is 4.79 Å². The van der Waals surface area contributed by atoms with Gasteiger partial charge in [0.15, 0.2) is 0 Å². The van der Waals surface area contributed by atoms with Crippen LogP contribution in [0.5, 0.6) is 0 Å². The first-order valence-corrected chi connectivity index (χ1v) is 4.13. The van der Waals surface area contributed by atoms with Gasteiger partial charge in [-0.3, -0.25) is 4.79 Å². The van der Waals surface area contributed by atoms with E-state index in [0.717, 1.165) is 24.8 Å². The Morgan fingerprint density at radius 3 is 2.82 bits per heavy atom. The molecular formula is C9H14O2. The van der Waals surface area contributed by atoms with Gasteiger partial charge in [-0.15, -0.1) is 0 Å². The highest BCUT2D eigenvalue weighted by molar-refractivity contribution is 5.73. The molecule has 1 aliphatic carbocycles. The molecular weight excluding hydrogens is 140 g/mol. The van der Waals surface area contributed by atoms with Crippen molar-refractivity contribution >= 4 is 5.97 Å². The number of hydrogen-bond acceptors (Lipinski definition) is 1. The average molecular weight is 154 g/mol. The van der Waals surface area contributed by atoms with Crippen molar-refractivity contribution in [3.63, 3.8) is 0 Å². The van der Waals surface area contributed by atoms with Gasteiger partial charge in [0.25, 0.3) is 0 Å². The van der Waals surface area contributed by atoms with Crippen LogP contribution in [0.25, 0.3) is 0 Å². The predicted octanol–water partition coefficient (Wildman–Crippen LogP) is 2.21. The second kappa shape index (κ2) is 3.56. The van der Waals surface area contributed by atoms with Crippen molar-refractivity contribution in [1.82, 2.24) is 0 Å². The lowest BCUT2D eigenvalue weighted by Crippen LogP contribution is -2.13. The summed E-state index contributed by atoms with van der Waals surface area (Å²) in [5.74, 6) is -0.964. The Bertz CT molecular complexity index is 182. The molecule has 0 amide bonds. The van der Waals surface area contributed by atoms with Crippen molar-refractivity contribution in [3.8, 4) is 0 Å². The summed E-state index contributed by atoms with van der Waals surface area (Å²) in [5, 5.41) is 8.69. The molecule has 0 aromatic rings. The first kappa shape index (κ1) is 8.31. The van der Waals surface area contributed by atoms with Crippen LogP contribution in [-0.4, -0.2) is 11.1 Å². The smallest absolute Gasteiger partial charge is 0.310 e. The molecule has 2 heteroatoms. The Morgan fingerprint density at radius 2 is 2.36 bits per heavy atom. The van der Waals surface area contributed by atoms with Crippen molar-refractivity contribution < 1.29 is 9.90 Å². The summed E-state index contributed by atoms with van der Waals surface area (Å²) >= 11 is 0. The minimum Gasteiger partial charge on any atom is -0.481 e. The number of allylic oxidation sites excluding steroid dienone is 1. The van der Waals surface area contributed by atoms with E-state index in [2.05, 4.69) is 6.08 Å². The molecule has 1 N–H and O–H groups in total. The van der Waals surface area contributed by atoms with Gasteiger partial charge in [0, 0.05) is 0 Å². The fourth-order valence-electron chi connectivity index (χ4n) is 1.41. The molecule has 0 bridgehead atoms. The van der Waals surface area contributed by atoms with Crippen molar-refractivity contribution in [2.45, 2.75) is 32.6 Å². The van der Waals surface area contributed by atoms with E-state index < -0.39 is 5.97 Å². The Morgan fingerprint density at radius 1 is 1.64 bits per heavy atom. The lowest BCUT2D eigenvalue weighted by Gasteiger charge is -2.15. The number of hydrogen-bond donors (Lipinski definition) is 1. The standard InChI is InChI=1S/C9H14O2/c1-7(9(10)11)8-5-3-2-4-6-8/h5,7H,2-4,6H2,1H3,(H,10,11). The van der Waals surface area contributed by atoms with Gasteiger partial charge in [0.05, 0.1) is 5.92 Å². The van der Waals surface area contributed by atoms with Crippen LogP contribution in [0, 0.1) is 5.92 Å². The third-order valence-electron chi connectivity index (χ3n) is 2.25. The van der Waals surface area contributed by atoms with Crippen molar-refractivity contribution in [3.05, 3.63) is 11.6 Å². The summed E-state index contributed by atoms with van der Waals surface area (Å²) in [5.41, 5.74) is 1.11. The number of rotatable bonds is 2. The maximum atomic E-state index is 10.6. The zero-order valence-electron chi connectivity index (χ0n) is 6.84. The zero-order chi connectivity index (χ0) is 8.27. The van der Waals surface area contributed by atoms with E-state index >= 15 is 0 Å². The van der Waals surface area contributed by atoms with Crippen LogP contribution >= 0.6 is 0 Å². The molecule has 0 saturated heterocycles. The van der Waals surface area contributed by atoms with Gasteiger partial charge in [-0.25, -0.2) is 0 Å². The Labute approximate surface area is 66.9 Å². The molecule has 2 nitrogen and oxygen atoms in total. The second-order valence-corrected chi connectivity index (χ2v) is 3.08. The molecule has 0 radical (unpaired) electrons. The lowest BCUT2D eigenvalue weighted by atomic mass is 9.90. The molecule has 0 aromatic heterocycles. The van der Waals surface area contributed by atoms with E-state index in [1.165, 1.54) is 6.42 Å². The molecule has 0 spiro atoms. The van der Waals surface area contributed by atoms with Gasteiger partial charge >= 0.3 is 5.97 Å². The Balaban J connectivity index is 2.58. The summed E-state index contributed by atoms with van der Waals surface area (Å²) in [6, 6.07) is 0. The molecule has 1 rings (SSSR count). The normalized spacial score (nSPS) is 20.6. The summed E-state index contributed by atoms with van der Waals surface area (Å²) in [6.45, 7) is 1.76. The molecule has 0 aliphatic heterocycles. The Kier molecular flexibility index (Phi) is 2.69. The highest BCUT2D eigenvalue weighted by Gasteiger charge is 2.17. The fourth-order valence-corrected chi connectivity index (χ4v) is 1.41. The van der Waals surface area contributed by atoms with E-state index in [1.54, 1.807) is 6.92 Å². The summed E-state index contributed by atoms with van der Waals surface area (Å²) in [4.78, 5) is 10.6. The molecule has 1 unspecified atom stereocenters. The van der Waals surface area contributed by atoms with E-state index in [0.29, 0.717) is 0 Å². The van der Waals surface area contributed by atoms with Gasteiger partial charge in [-0.2, -0.15) is 0 Å². The van der Waals surface area contributed by atoms with Crippen LogP contribution in [0.15, 0.2) is 11.6 Å². The van der Waals surface area contributed by atoms with Crippen LogP contribution in [0.3, 0.4) is 0 Å². The number of carboxylic acids is 1. The molecule has 1 atom stereocenters. The summed E-state index contributed by atoms with van der Waals surface area (Å²) < 4.78 is 0. The molecule has 0 saturated carbocycles. The predicted molar refractivity (Wildman–Crippen MR) is 43.4 cm³/mol. The highest BCUT2D eigenvalue weighted by Crippen LogP contribution is 2.23. The first-order valence-electron chi connectivity index (χ1n) is 4.13. The van der Waals surface area contributed by atoms with Crippen LogP contribution < -0.4 is 0 Å². The van der Waals surface area contributed by atoms with Crippen molar-refractivity contribution in [1.29, 1.82) is 0 Å². The molecule has 0 heterocycles. The van der Waals surface area contributed by atoms with E-state index in [-0.39, 0.29) is 5.92 Å². The fraction of sp³-hybridized carbons (Fsp3) is 0.667. The molecule has 62 valence electrons. The van der Waals surface area contributed by atoms with Gasteiger partial charge in [0.1, 0.15) is 0 Å². The highest BCUT2D eigenvalue weighted by atomic mass is 16.4. The number of carbonyl (C=O) groups is 1. The minimum absolute atomic E-state index is 0.268. The summed E-state index contributed by atoms with van der Waals surface area (Å²) in [6.07, 6.45) is 6.50. The lowest BCUT2D eigenvalue weighted by molar-refractivity contribution is -0.139. The topological polar surface area (TPSA) is 37.3 Å². The third-order valence-corrected chi connectivity index (χ3v) is 2.25. The third kappa shape index (κ3) is 2.07. The first-order chi connectivity index (χ1) is 5.22. The number of carboxylic acid groups (broad SMARTS) is 1. The van der Waals surface area contributed by atoms with Gasteiger partial charge in [0.2, 0.25) is 0 Å². The van der Waals surface area contributed by atoms with E-state index in [4.69, 9.17) is 5.11 Å². The number of aliphatic carboxylic acids is 1. The summed E-state index contributed by atoms with van der Waals surface area (Å²) in [7, 11) is 0. The van der Waals surface area contributed by atoms with Gasteiger partial charge in [-0.1, -0.05) is 11.6 Å². The van der Waals surface area contributed by atoms with Crippen molar-refractivity contribution in [2.24, 2.45) is 5.92 Å².